The van der Waals surface area contributed by atoms with Gasteiger partial charge in [-0.05, 0) is 55.3 Å². The van der Waals surface area contributed by atoms with Crippen molar-refractivity contribution in [2.75, 3.05) is 13.7 Å². The molecule has 3 heterocycles. The number of hydrogen-bond donors (Lipinski definition) is 0. The van der Waals surface area contributed by atoms with E-state index in [2.05, 4.69) is 4.99 Å². The summed E-state index contributed by atoms with van der Waals surface area (Å²) in [5.41, 5.74) is 3.55. The van der Waals surface area contributed by atoms with Crippen molar-refractivity contribution in [1.29, 1.82) is 0 Å². The molecule has 0 spiro atoms. The molecule has 2 aromatic carbocycles. The first-order valence-corrected chi connectivity index (χ1v) is 12.6. The highest BCUT2D eigenvalue weighted by Gasteiger charge is 2.33. The highest BCUT2D eigenvalue weighted by molar-refractivity contribution is 7.07. The Hall–Kier alpha value is -4.18. The summed E-state index contributed by atoms with van der Waals surface area (Å²) in [7, 11) is 5.03. The van der Waals surface area contributed by atoms with Crippen molar-refractivity contribution in [3.8, 4) is 5.75 Å². The number of methoxy groups -OCH3 is 1. The van der Waals surface area contributed by atoms with Crippen LogP contribution in [0, 0.1) is 0 Å². The fourth-order valence-electron chi connectivity index (χ4n) is 4.66. The number of nitrogens with zero attached hydrogens (tertiary/aromatic N) is 4. The van der Waals surface area contributed by atoms with Gasteiger partial charge in [0, 0.05) is 14.1 Å². The molecule has 0 saturated carbocycles. The molecule has 0 amide bonds. The molecule has 10 heteroatoms. The van der Waals surface area contributed by atoms with Crippen molar-refractivity contribution < 1.29 is 14.3 Å². The number of esters is 1. The molecule has 1 atom stereocenters. The third kappa shape index (κ3) is 4.03. The smallest absolute Gasteiger partial charge is 0.338 e. The van der Waals surface area contributed by atoms with E-state index < -0.39 is 12.0 Å². The van der Waals surface area contributed by atoms with Gasteiger partial charge in [-0.15, -0.1) is 0 Å². The van der Waals surface area contributed by atoms with Crippen LogP contribution in [0.25, 0.3) is 17.1 Å². The summed E-state index contributed by atoms with van der Waals surface area (Å²) in [6.45, 7) is 3.70. The number of thiazole rings is 1. The van der Waals surface area contributed by atoms with E-state index in [-0.39, 0.29) is 17.9 Å². The highest BCUT2D eigenvalue weighted by Crippen LogP contribution is 2.31. The fourth-order valence-corrected chi connectivity index (χ4v) is 5.70. The number of hydrogen-bond acceptors (Lipinski definition) is 7. The largest absolute Gasteiger partial charge is 0.497 e. The van der Waals surface area contributed by atoms with Crippen molar-refractivity contribution in [2.24, 2.45) is 19.1 Å². The number of aromatic nitrogens is 3. The molecule has 0 saturated heterocycles. The molecular weight excluding hydrogens is 492 g/mol. The summed E-state index contributed by atoms with van der Waals surface area (Å²) >= 11 is 1.26. The Labute approximate surface area is 215 Å². The average Bonchev–Trinajstić information content (AvgIpc) is 3.31. The third-order valence-corrected chi connectivity index (χ3v) is 7.53. The van der Waals surface area contributed by atoms with Crippen molar-refractivity contribution in [2.45, 2.75) is 19.9 Å². The Morgan fingerprint density at radius 2 is 1.78 bits per heavy atom. The molecule has 0 radical (unpaired) electrons. The van der Waals surface area contributed by atoms with Crippen LogP contribution < -0.4 is 25.3 Å². The first kappa shape index (κ1) is 24.5. The van der Waals surface area contributed by atoms with Crippen LogP contribution in [0.5, 0.6) is 5.75 Å². The molecule has 2 aromatic heterocycles. The van der Waals surface area contributed by atoms with Gasteiger partial charge in [0.25, 0.3) is 5.56 Å². The first-order chi connectivity index (χ1) is 17.7. The Balaban J connectivity index is 1.71. The maximum absolute atomic E-state index is 13.8. The van der Waals surface area contributed by atoms with E-state index in [9.17, 15) is 14.4 Å². The van der Waals surface area contributed by atoms with E-state index in [1.165, 1.54) is 11.3 Å². The molecule has 0 N–H and O–H groups in total. The first-order valence-electron chi connectivity index (χ1n) is 11.7. The molecule has 4 aromatic rings. The van der Waals surface area contributed by atoms with E-state index in [1.807, 2.05) is 30.3 Å². The van der Waals surface area contributed by atoms with Gasteiger partial charge in [0.2, 0.25) is 0 Å². The summed E-state index contributed by atoms with van der Waals surface area (Å²) in [5.74, 6) is 0.162. The van der Waals surface area contributed by atoms with E-state index in [4.69, 9.17) is 9.47 Å². The van der Waals surface area contributed by atoms with Crippen LogP contribution in [0.15, 0.2) is 68.3 Å². The van der Waals surface area contributed by atoms with Gasteiger partial charge < -0.3 is 9.47 Å². The lowest BCUT2D eigenvalue weighted by molar-refractivity contribution is -0.139. The summed E-state index contributed by atoms with van der Waals surface area (Å²) in [5, 5.41) is 0. The van der Waals surface area contributed by atoms with Crippen LogP contribution in [0.3, 0.4) is 0 Å². The maximum Gasteiger partial charge on any atom is 0.338 e. The average molecular weight is 519 g/mol. The monoisotopic (exact) mass is 518 g/mol. The highest BCUT2D eigenvalue weighted by atomic mass is 32.1. The fraction of sp³-hybridized carbons (Fsp3) is 0.259. The lowest BCUT2D eigenvalue weighted by atomic mass is 9.96. The second kappa shape index (κ2) is 9.36. The number of rotatable bonds is 5. The standard InChI is InChI=1S/C27H26N4O5S/c1-6-36-25(33)22-15(2)28-26-31(23(22)17-8-10-18(35-5)11-9-17)24(32)21(37-26)14-16-7-12-19-20(13-16)30(4)27(34)29(19)3/h7-14,23H,6H2,1-5H3/b21-14+/t23-/m1/s1. The van der Waals surface area contributed by atoms with E-state index in [1.54, 1.807) is 67.0 Å². The topological polar surface area (TPSA) is 96.8 Å². The van der Waals surface area contributed by atoms with E-state index >= 15 is 0 Å². The summed E-state index contributed by atoms with van der Waals surface area (Å²) in [4.78, 5) is 44.2. The van der Waals surface area contributed by atoms with Crippen LogP contribution in [0.4, 0.5) is 0 Å². The van der Waals surface area contributed by atoms with E-state index in [0.717, 1.165) is 22.2 Å². The van der Waals surface area contributed by atoms with Gasteiger partial charge in [-0.1, -0.05) is 29.5 Å². The van der Waals surface area contributed by atoms with Crippen molar-refractivity contribution in [3.05, 3.63) is 95.0 Å². The van der Waals surface area contributed by atoms with Crippen molar-refractivity contribution in [1.82, 2.24) is 13.7 Å². The van der Waals surface area contributed by atoms with Gasteiger partial charge in [-0.3, -0.25) is 18.5 Å². The quantitative estimate of drug-likeness (QED) is 0.377. The van der Waals surface area contributed by atoms with E-state index in [0.29, 0.717) is 26.4 Å². The molecule has 1 aliphatic heterocycles. The van der Waals surface area contributed by atoms with Crippen LogP contribution in [-0.4, -0.2) is 33.4 Å². The van der Waals surface area contributed by atoms with Crippen molar-refractivity contribution >= 4 is 34.4 Å². The number of carbonyl (C=O) groups is 1. The lowest BCUT2D eigenvalue weighted by Crippen LogP contribution is -2.39. The predicted molar refractivity (Wildman–Crippen MR) is 142 cm³/mol. The SMILES string of the molecule is CCOC(=O)C1=C(C)N=c2s/c(=C/c3ccc4c(c3)n(C)c(=O)n4C)c(=O)n2[C@@H]1c1ccc(OC)cc1. The van der Waals surface area contributed by atoms with Crippen LogP contribution in [0.2, 0.25) is 0 Å². The zero-order valence-corrected chi connectivity index (χ0v) is 22.0. The normalized spacial score (nSPS) is 15.6. The zero-order chi connectivity index (χ0) is 26.4. The number of allylic oxidation sites excluding steroid dienone is 1. The summed E-state index contributed by atoms with van der Waals surface area (Å²) < 4.78 is 15.8. The van der Waals surface area contributed by atoms with Crippen LogP contribution in [0.1, 0.15) is 31.0 Å². The second-order valence-corrected chi connectivity index (χ2v) is 9.73. The van der Waals surface area contributed by atoms with Gasteiger partial charge in [0.1, 0.15) is 5.75 Å². The minimum atomic E-state index is -0.694. The molecule has 0 unspecified atom stereocenters. The van der Waals surface area contributed by atoms with Crippen LogP contribution >= 0.6 is 11.3 Å². The van der Waals surface area contributed by atoms with Crippen LogP contribution in [-0.2, 0) is 23.6 Å². The summed E-state index contributed by atoms with van der Waals surface area (Å²) in [6, 6.07) is 12.2. The Kier molecular flexibility index (Phi) is 6.20. The zero-order valence-electron chi connectivity index (χ0n) is 21.1. The van der Waals surface area contributed by atoms with Gasteiger partial charge >= 0.3 is 11.7 Å². The van der Waals surface area contributed by atoms with Gasteiger partial charge in [-0.25, -0.2) is 14.6 Å². The molecule has 37 heavy (non-hydrogen) atoms. The summed E-state index contributed by atoms with van der Waals surface area (Å²) in [6.07, 6.45) is 1.79. The number of benzene rings is 2. The lowest BCUT2D eigenvalue weighted by Gasteiger charge is -2.24. The molecule has 190 valence electrons. The molecule has 1 aliphatic rings. The maximum atomic E-state index is 13.8. The number of carbonyl (C=O) groups excluding carboxylic acids is 1. The predicted octanol–water partition coefficient (Wildman–Crippen LogP) is 2.00. The third-order valence-electron chi connectivity index (χ3n) is 6.54. The Morgan fingerprint density at radius 1 is 1.08 bits per heavy atom. The number of aryl methyl sites for hydroxylation is 2. The molecular formula is C27H26N4O5S. The second-order valence-electron chi connectivity index (χ2n) is 8.72. The number of imidazole rings is 1. The molecule has 0 aliphatic carbocycles. The number of ether oxygens (including phenoxy) is 2. The molecule has 5 rings (SSSR count). The van der Waals surface area contributed by atoms with Gasteiger partial charge in [0.15, 0.2) is 4.80 Å². The Morgan fingerprint density at radius 3 is 2.46 bits per heavy atom. The van der Waals surface area contributed by atoms with Crippen molar-refractivity contribution in [3.63, 3.8) is 0 Å². The minimum absolute atomic E-state index is 0.118. The minimum Gasteiger partial charge on any atom is -0.497 e. The molecule has 9 nitrogen and oxygen atoms in total. The molecule has 0 bridgehead atoms. The molecule has 0 fully saturated rings. The number of fused-ring (bicyclic) bond motifs is 2. The van der Waals surface area contributed by atoms with Gasteiger partial charge in [0.05, 0.1) is 46.6 Å². The van der Waals surface area contributed by atoms with Gasteiger partial charge in [-0.2, -0.15) is 0 Å². The Bertz CT molecular complexity index is 1820.